The van der Waals surface area contributed by atoms with Crippen LogP contribution in [0.15, 0.2) is 64.2 Å². The maximum atomic E-state index is 11.6. The molecule has 2 aromatic carbocycles. The van der Waals surface area contributed by atoms with E-state index in [4.69, 9.17) is 4.84 Å². The summed E-state index contributed by atoms with van der Waals surface area (Å²) in [5.74, 6) is -0.250. The number of anilines is 1. The Morgan fingerprint density at radius 1 is 1.15 bits per heavy atom. The average molecular weight is 333 g/mol. The first-order valence-electron chi connectivity index (χ1n) is 6.00. The second-order valence-corrected chi connectivity index (χ2v) is 4.80. The summed E-state index contributed by atoms with van der Waals surface area (Å²) >= 11 is 3.40. The lowest BCUT2D eigenvalue weighted by atomic mass is 10.2. The molecule has 0 unspecified atom stereocenters. The first-order valence-corrected chi connectivity index (χ1v) is 6.80. The smallest absolute Gasteiger partial charge is 0.265 e. The number of rotatable bonds is 5. The summed E-state index contributed by atoms with van der Waals surface area (Å²) in [5.41, 5.74) is 1.62. The molecule has 0 aromatic heterocycles. The van der Waals surface area contributed by atoms with Crippen LogP contribution >= 0.6 is 15.9 Å². The minimum absolute atomic E-state index is 0.129. The number of halogens is 1. The van der Waals surface area contributed by atoms with E-state index < -0.39 is 0 Å². The lowest BCUT2D eigenvalue weighted by Gasteiger charge is -2.03. The zero-order valence-electron chi connectivity index (χ0n) is 10.6. The van der Waals surface area contributed by atoms with Gasteiger partial charge in [0, 0.05) is 15.7 Å². The van der Waals surface area contributed by atoms with Gasteiger partial charge in [-0.05, 0) is 18.2 Å². The van der Waals surface area contributed by atoms with Crippen LogP contribution in [0.2, 0.25) is 0 Å². The standard InChI is InChI=1S/C15H13BrN2O2/c16-14-9-5-4-6-12(14)10-17-20-11-15(19)18-13-7-2-1-3-8-13/h1-10H,11H2,(H,18,19)/b17-10-. The Morgan fingerprint density at radius 2 is 1.85 bits per heavy atom. The van der Waals surface area contributed by atoms with E-state index in [-0.39, 0.29) is 12.5 Å². The van der Waals surface area contributed by atoms with Gasteiger partial charge in [-0.25, -0.2) is 0 Å². The van der Waals surface area contributed by atoms with Crippen molar-refractivity contribution in [2.75, 3.05) is 11.9 Å². The van der Waals surface area contributed by atoms with Gasteiger partial charge in [-0.2, -0.15) is 0 Å². The van der Waals surface area contributed by atoms with E-state index in [0.717, 1.165) is 15.7 Å². The third-order valence-electron chi connectivity index (χ3n) is 2.42. The van der Waals surface area contributed by atoms with Crippen molar-refractivity contribution in [3.05, 3.63) is 64.6 Å². The Kier molecular flexibility index (Phi) is 5.32. The minimum atomic E-state index is -0.250. The molecule has 0 aliphatic carbocycles. The minimum Gasteiger partial charge on any atom is -0.386 e. The molecule has 0 saturated carbocycles. The Balaban J connectivity index is 1.78. The van der Waals surface area contributed by atoms with E-state index >= 15 is 0 Å². The number of nitrogens with zero attached hydrogens (tertiary/aromatic N) is 1. The molecule has 0 heterocycles. The lowest BCUT2D eigenvalue weighted by Crippen LogP contribution is -2.16. The second-order valence-electron chi connectivity index (χ2n) is 3.94. The SMILES string of the molecule is O=C(CO/N=C\c1ccccc1Br)Nc1ccccc1. The van der Waals surface area contributed by atoms with Gasteiger partial charge in [0.2, 0.25) is 0 Å². The number of hydrogen-bond donors (Lipinski definition) is 1. The van der Waals surface area contributed by atoms with E-state index in [1.807, 2.05) is 54.6 Å². The molecule has 20 heavy (non-hydrogen) atoms. The van der Waals surface area contributed by atoms with Gasteiger partial charge in [0.15, 0.2) is 6.61 Å². The molecule has 0 atom stereocenters. The van der Waals surface area contributed by atoms with Gasteiger partial charge >= 0.3 is 0 Å². The van der Waals surface area contributed by atoms with Crippen LogP contribution in [-0.4, -0.2) is 18.7 Å². The highest BCUT2D eigenvalue weighted by Gasteiger charge is 2.01. The molecule has 0 aliphatic heterocycles. The number of nitrogens with one attached hydrogen (secondary N) is 1. The Bertz CT molecular complexity index is 600. The summed E-state index contributed by atoms with van der Waals surface area (Å²) < 4.78 is 0.918. The number of hydrogen-bond acceptors (Lipinski definition) is 3. The third-order valence-corrected chi connectivity index (χ3v) is 3.15. The van der Waals surface area contributed by atoms with Gasteiger partial charge in [0.05, 0.1) is 6.21 Å². The third kappa shape index (κ3) is 4.51. The summed E-state index contributed by atoms with van der Waals surface area (Å²) in [7, 11) is 0. The van der Waals surface area contributed by atoms with E-state index in [9.17, 15) is 4.79 Å². The zero-order valence-corrected chi connectivity index (χ0v) is 12.2. The largest absolute Gasteiger partial charge is 0.386 e. The predicted octanol–water partition coefficient (Wildman–Crippen LogP) is 3.44. The van der Waals surface area contributed by atoms with Crippen LogP contribution in [-0.2, 0) is 9.63 Å². The number of para-hydroxylation sites is 1. The van der Waals surface area contributed by atoms with Crippen molar-refractivity contribution in [2.24, 2.45) is 5.16 Å². The zero-order chi connectivity index (χ0) is 14.2. The van der Waals surface area contributed by atoms with Crippen LogP contribution in [0.1, 0.15) is 5.56 Å². The van der Waals surface area contributed by atoms with Gasteiger partial charge in [0.25, 0.3) is 5.91 Å². The van der Waals surface area contributed by atoms with Crippen LogP contribution in [0, 0.1) is 0 Å². The van der Waals surface area contributed by atoms with Crippen LogP contribution in [0.5, 0.6) is 0 Å². The lowest BCUT2D eigenvalue weighted by molar-refractivity contribution is -0.120. The monoisotopic (exact) mass is 332 g/mol. The summed E-state index contributed by atoms with van der Waals surface area (Å²) in [6.45, 7) is -0.129. The van der Waals surface area contributed by atoms with Crippen molar-refractivity contribution < 1.29 is 9.63 Å². The summed E-state index contributed by atoms with van der Waals surface area (Å²) in [5, 5.41) is 6.47. The number of carbonyl (C=O) groups is 1. The summed E-state index contributed by atoms with van der Waals surface area (Å²) in [4.78, 5) is 16.5. The maximum Gasteiger partial charge on any atom is 0.265 e. The molecule has 102 valence electrons. The molecule has 1 amide bonds. The van der Waals surface area contributed by atoms with E-state index in [2.05, 4.69) is 26.4 Å². The van der Waals surface area contributed by atoms with Crippen molar-refractivity contribution >= 4 is 33.7 Å². The number of amides is 1. The quantitative estimate of drug-likeness (QED) is 0.673. The highest BCUT2D eigenvalue weighted by atomic mass is 79.9. The van der Waals surface area contributed by atoms with Crippen LogP contribution in [0.4, 0.5) is 5.69 Å². The molecule has 2 rings (SSSR count). The van der Waals surface area contributed by atoms with Gasteiger partial charge in [0.1, 0.15) is 0 Å². The molecule has 0 saturated heterocycles. The van der Waals surface area contributed by atoms with Gasteiger partial charge < -0.3 is 10.2 Å². The highest BCUT2D eigenvalue weighted by Crippen LogP contribution is 2.13. The molecular formula is C15H13BrN2O2. The summed E-state index contributed by atoms with van der Waals surface area (Å²) in [6, 6.07) is 16.8. The van der Waals surface area contributed by atoms with Crippen molar-refractivity contribution in [2.45, 2.75) is 0 Å². The van der Waals surface area contributed by atoms with Crippen molar-refractivity contribution in [3.8, 4) is 0 Å². The van der Waals surface area contributed by atoms with Crippen LogP contribution < -0.4 is 5.32 Å². The first kappa shape index (κ1) is 14.3. The highest BCUT2D eigenvalue weighted by molar-refractivity contribution is 9.10. The maximum absolute atomic E-state index is 11.6. The molecule has 2 aromatic rings. The molecule has 0 aliphatic rings. The van der Waals surface area contributed by atoms with E-state index in [1.54, 1.807) is 6.21 Å². The van der Waals surface area contributed by atoms with Gasteiger partial charge in [-0.1, -0.05) is 57.5 Å². The first-order chi connectivity index (χ1) is 9.75. The molecular weight excluding hydrogens is 320 g/mol. The van der Waals surface area contributed by atoms with Gasteiger partial charge in [-0.15, -0.1) is 0 Å². The van der Waals surface area contributed by atoms with Crippen molar-refractivity contribution in [1.82, 2.24) is 0 Å². The van der Waals surface area contributed by atoms with Crippen LogP contribution in [0.3, 0.4) is 0 Å². The van der Waals surface area contributed by atoms with Crippen molar-refractivity contribution in [3.63, 3.8) is 0 Å². The molecule has 4 nitrogen and oxygen atoms in total. The van der Waals surface area contributed by atoms with E-state index in [1.165, 1.54) is 0 Å². The topological polar surface area (TPSA) is 50.7 Å². The molecule has 0 fully saturated rings. The number of benzene rings is 2. The number of oxime groups is 1. The molecule has 0 spiro atoms. The molecule has 5 heteroatoms. The fraction of sp³-hybridized carbons (Fsp3) is 0.0667. The summed E-state index contributed by atoms with van der Waals surface area (Å²) in [6.07, 6.45) is 1.56. The Labute approximate surface area is 125 Å². The molecule has 1 N–H and O–H groups in total. The fourth-order valence-corrected chi connectivity index (χ4v) is 1.88. The van der Waals surface area contributed by atoms with E-state index in [0.29, 0.717) is 0 Å². The normalized spacial score (nSPS) is 10.4. The molecule has 0 bridgehead atoms. The Hall–Kier alpha value is -2.14. The average Bonchev–Trinajstić information content (AvgIpc) is 2.46. The Morgan fingerprint density at radius 3 is 2.60 bits per heavy atom. The second kappa shape index (κ2) is 7.45. The van der Waals surface area contributed by atoms with Gasteiger partial charge in [-0.3, -0.25) is 4.79 Å². The molecule has 0 radical (unpaired) electrons. The fourth-order valence-electron chi connectivity index (χ4n) is 1.49. The number of carbonyl (C=O) groups excluding carboxylic acids is 1. The van der Waals surface area contributed by atoms with Crippen molar-refractivity contribution in [1.29, 1.82) is 0 Å². The predicted molar refractivity (Wildman–Crippen MR) is 82.8 cm³/mol. The van der Waals surface area contributed by atoms with Crippen LogP contribution in [0.25, 0.3) is 0 Å².